The summed E-state index contributed by atoms with van der Waals surface area (Å²) in [5.74, 6) is -2.41. The van der Waals surface area contributed by atoms with Gasteiger partial charge in [0, 0.05) is 38.5 Å². The zero-order valence-corrected chi connectivity index (χ0v) is 19.8. The summed E-state index contributed by atoms with van der Waals surface area (Å²) in [6.07, 6.45) is 0. The Hall–Kier alpha value is -4.54. The molecule has 0 unspecified atom stereocenters. The van der Waals surface area contributed by atoms with Crippen LogP contribution in [-0.4, -0.2) is 39.2 Å². The van der Waals surface area contributed by atoms with E-state index in [1.54, 1.807) is 0 Å². The fraction of sp³-hybridized carbons (Fsp3) is 0.250. The molecule has 3 rings (SSSR count). The van der Waals surface area contributed by atoms with Gasteiger partial charge in [-0.05, 0) is 12.1 Å². The van der Waals surface area contributed by atoms with Crippen LogP contribution in [0.3, 0.4) is 0 Å². The number of hydrogen-bond donors (Lipinski definition) is 0. The molecule has 0 aliphatic heterocycles. The highest BCUT2D eigenvalue weighted by atomic mass is 16.6. The number of ether oxygens (including phenoxy) is 6. The van der Waals surface area contributed by atoms with Crippen molar-refractivity contribution in [2.24, 2.45) is 0 Å². The molecule has 0 spiro atoms. The molecule has 1 heterocycles. The number of carbonyl (C=O) groups excluding carboxylic acids is 3. The summed E-state index contributed by atoms with van der Waals surface area (Å²) in [5, 5.41) is -0.0506. The Labute approximate surface area is 199 Å². The van der Waals surface area contributed by atoms with E-state index in [0.717, 1.165) is 6.92 Å². The molecule has 0 fully saturated rings. The van der Waals surface area contributed by atoms with Crippen LogP contribution in [0.5, 0.6) is 34.5 Å². The molecule has 1 aromatic heterocycles. The van der Waals surface area contributed by atoms with E-state index in [2.05, 4.69) is 0 Å². The largest absolute Gasteiger partial charge is 0.496 e. The second-order valence-electron chi connectivity index (χ2n) is 7.08. The summed E-state index contributed by atoms with van der Waals surface area (Å²) in [7, 11) is 3.97. The SMILES string of the molecule is COc1cc(OC(C)=O)c2c(=O)c(OC)c(-c3cc(OC)c(OC(C)=O)c(OC(C)=O)c3)oc2c1. The van der Waals surface area contributed by atoms with E-state index in [0.29, 0.717) is 0 Å². The van der Waals surface area contributed by atoms with Crippen LogP contribution in [0.15, 0.2) is 33.5 Å². The number of carbonyl (C=O) groups is 3. The van der Waals surface area contributed by atoms with E-state index >= 15 is 0 Å². The lowest BCUT2D eigenvalue weighted by atomic mass is 10.1. The first-order chi connectivity index (χ1) is 16.6. The maximum absolute atomic E-state index is 13.4. The first-order valence-corrected chi connectivity index (χ1v) is 10.1. The molecular formula is C24H22O11. The third-order valence-electron chi connectivity index (χ3n) is 4.59. The molecule has 0 saturated heterocycles. The summed E-state index contributed by atoms with van der Waals surface area (Å²) >= 11 is 0. The van der Waals surface area contributed by atoms with E-state index in [1.165, 1.54) is 59.4 Å². The van der Waals surface area contributed by atoms with Crippen LogP contribution >= 0.6 is 0 Å². The predicted molar refractivity (Wildman–Crippen MR) is 122 cm³/mol. The Bertz CT molecular complexity index is 1380. The minimum Gasteiger partial charge on any atom is -0.496 e. The third kappa shape index (κ3) is 5.18. The number of hydrogen-bond acceptors (Lipinski definition) is 11. The van der Waals surface area contributed by atoms with E-state index < -0.39 is 23.3 Å². The van der Waals surface area contributed by atoms with Crippen molar-refractivity contribution >= 4 is 28.9 Å². The summed E-state index contributed by atoms with van der Waals surface area (Å²) < 4.78 is 37.4. The molecule has 0 aliphatic carbocycles. The van der Waals surface area contributed by atoms with Crippen molar-refractivity contribution in [2.45, 2.75) is 20.8 Å². The molecular weight excluding hydrogens is 464 g/mol. The third-order valence-corrected chi connectivity index (χ3v) is 4.59. The molecule has 184 valence electrons. The Balaban J connectivity index is 2.39. The molecule has 0 N–H and O–H groups in total. The van der Waals surface area contributed by atoms with Gasteiger partial charge >= 0.3 is 17.9 Å². The molecule has 11 nitrogen and oxygen atoms in total. The first-order valence-electron chi connectivity index (χ1n) is 10.1. The van der Waals surface area contributed by atoms with Gasteiger partial charge in [-0.2, -0.15) is 0 Å². The Morgan fingerprint density at radius 3 is 1.83 bits per heavy atom. The summed E-state index contributed by atoms with van der Waals surface area (Å²) in [4.78, 5) is 48.3. The highest BCUT2D eigenvalue weighted by molar-refractivity contribution is 5.91. The zero-order valence-electron chi connectivity index (χ0n) is 19.8. The Morgan fingerprint density at radius 1 is 0.686 bits per heavy atom. The maximum Gasteiger partial charge on any atom is 0.308 e. The molecule has 0 saturated carbocycles. The van der Waals surface area contributed by atoms with Crippen LogP contribution < -0.4 is 33.8 Å². The van der Waals surface area contributed by atoms with Crippen LogP contribution in [0.4, 0.5) is 0 Å². The van der Waals surface area contributed by atoms with Crippen molar-refractivity contribution in [1.82, 2.24) is 0 Å². The smallest absolute Gasteiger partial charge is 0.308 e. The Morgan fingerprint density at radius 2 is 1.29 bits per heavy atom. The van der Waals surface area contributed by atoms with E-state index in [-0.39, 0.29) is 56.8 Å². The fourth-order valence-corrected chi connectivity index (χ4v) is 3.31. The number of methoxy groups -OCH3 is 3. The summed E-state index contributed by atoms with van der Waals surface area (Å²) in [6.45, 7) is 3.52. The van der Waals surface area contributed by atoms with Gasteiger partial charge in [0.05, 0.1) is 21.3 Å². The lowest BCUT2D eigenvalue weighted by Gasteiger charge is -2.16. The van der Waals surface area contributed by atoms with Gasteiger partial charge in [0.15, 0.2) is 17.3 Å². The zero-order chi connectivity index (χ0) is 25.9. The van der Waals surface area contributed by atoms with Gasteiger partial charge in [0.1, 0.15) is 22.5 Å². The van der Waals surface area contributed by atoms with Crippen LogP contribution in [0.25, 0.3) is 22.3 Å². The fourth-order valence-electron chi connectivity index (χ4n) is 3.31. The number of esters is 3. The number of benzene rings is 2. The highest BCUT2D eigenvalue weighted by Crippen LogP contribution is 2.44. The second kappa shape index (κ2) is 10.2. The van der Waals surface area contributed by atoms with E-state index in [4.69, 9.17) is 32.8 Å². The lowest BCUT2D eigenvalue weighted by molar-refractivity contribution is -0.134. The van der Waals surface area contributed by atoms with Gasteiger partial charge in [-0.3, -0.25) is 19.2 Å². The topological polar surface area (TPSA) is 137 Å². The highest BCUT2D eigenvalue weighted by Gasteiger charge is 2.25. The quantitative estimate of drug-likeness (QED) is 0.359. The van der Waals surface area contributed by atoms with Gasteiger partial charge in [-0.15, -0.1) is 0 Å². The number of rotatable bonds is 7. The van der Waals surface area contributed by atoms with Crippen LogP contribution in [0.1, 0.15) is 20.8 Å². The monoisotopic (exact) mass is 486 g/mol. The van der Waals surface area contributed by atoms with Crippen LogP contribution in [0.2, 0.25) is 0 Å². The first kappa shape index (κ1) is 25.1. The molecule has 0 radical (unpaired) electrons. The minimum atomic E-state index is -0.694. The van der Waals surface area contributed by atoms with Crippen molar-refractivity contribution in [1.29, 1.82) is 0 Å². The maximum atomic E-state index is 13.4. The molecule has 35 heavy (non-hydrogen) atoms. The normalized spacial score (nSPS) is 10.5. The van der Waals surface area contributed by atoms with Gasteiger partial charge < -0.3 is 32.8 Å². The van der Waals surface area contributed by atoms with Gasteiger partial charge in [0.25, 0.3) is 0 Å². The molecule has 0 amide bonds. The number of fused-ring (bicyclic) bond motifs is 1. The van der Waals surface area contributed by atoms with Crippen molar-refractivity contribution in [3.8, 4) is 45.8 Å². The summed E-state index contributed by atoms with van der Waals surface area (Å²) in [6, 6.07) is 5.53. The van der Waals surface area contributed by atoms with Crippen molar-refractivity contribution < 1.29 is 47.2 Å². The van der Waals surface area contributed by atoms with Crippen molar-refractivity contribution in [2.75, 3.05) is 21.3 Å². The standard InChI is InChI=1S/C24H22O11/c1-11(25)32-16-9-15(29-4)10-17-20(16)21(28)24(31-6)22(35-17)14-7-18(30-5)23(34-13(3)27)19(8-14)33-12(2)26/h7-10H,1-6H3. The van der Waals surface area contributed by atoms with Gasteiger partial charge in [-0.1, -0.05) is 0 Å². The van der Waals surface area contributed by atoms with E-state index in [9.17, 15) is 19.2 Å². The van der Waals surface area contributed by atoms with Gasteiger partial charge in [-0.25, -0.2) is 0 Å². The summed E-state index contributed by atoms with van der Waals surface area (Å²) in [5.41, 5.74) is -0.417. The van der Waals surface area contributed by atoms with Crippen molar-refractivity contribution in [3.05, 3.63) is 34.5 Å². The van der Waals surface area contributed by atoms with Crippen LogP contribution in [0, 0.1) is 0 Å². The predicted octanol–water partition coefficient (Wildman–Crippen LogP) is 3.26. The van der Waals surface area contributed by atoms with E-state index in [1.807, 2.05) is 0 Å². The molecule has 2 aromatic carbocycles. The van der Waals surface area contributed by atoms with Crippen molar-refractivity contribution in [3.63, 3.8) is 0 Å². The average molecular weight is 486 g/mol. The minimum absolute atomic E-state index is 0.0185. The van der Waals surface area contributed by atoms with Gasteiger partial charge in [0.2, 0.25) is 16.9 Å². The lowest BCUT2D eigenvalue weighted by Crippen LogP contribution is -2.12. The molecule has 0 aliphatic rings. The molecule has 0 atom stereocenters. The Kier molecular flexibility index (Phi) is 7.28. The average Bonchev–Trinajstić information content (AvgIpc) is 2.78. The molecule has 3 aromatic rings. The van der Waals surface area contributed by atoms with Crippen LogP contribution in [-0.2, 0) is 14.4 Å². The second-order valence-corrected chi connectivity index (χ2v) is 7.08. The molecule has 0 bridgehead atoms. The molecule has 11 heteroatoms.